The number of benzene rings is 1. The van der Waals surface area contributed by atoms with Crippen molar-refractivity contribution in [2.45, 2.75) is 12.8 Å². The molecule has 158 valence electrons. The van der Waals surface area contributed by atoms with E-state index in [1.165, 1.54) is 13.2 Å². The highest BCUT2D eigenvalue weighted by Gasteiger charge is 2.32. The molecule has 0 atom stereocenters. The maximum atomic E-state index is 14.3. The Hall–Kier alpha value is -3.70. The van der Waals surface area contributed by atoms with Crippen LogP contribution >= 0.6 is 0 Å². The van der Waals surface area contributed by atoms with Gasteiger partial charge in [-0.2, -0.15) is 18.2 Å². The number of nitrogens with zero attached hydrogens (tertiary/aromatic N) is 2. The standard InChI is InChI=1S/C18H12F5N3O4/c1-28-14-7-15(26-17(27)25-14)29-8-9-4-11(19)16(12(20)5-9)30-10-2-3-24-13(6-10)18(21,22)23/h2-7H,8H2,1H3,(H,25,26,27). The third-order valence-electron chi connectivity index (χ3n) is 3.60. The second kappa shape index (κ2) is 8.35. The molecule has 1 aromatic carbocycles. The predicted molar refractivity (Wildman–Crippen MR) is 91.4 cm³/mol. The lowest BCUT2D eigenvalue weighted by Crippen LogP contribution is -2.13. The van der Waals surface area contributed by atoms with Crippen molar-refractivity contribution in [3.05, 3.63) is 69.9 Å². The van der Waals surface area contributed by atoms with Crippen molar-refractivity contribution in [1.29, 1.82) is 0 Å². The Bertz CT molecular complexity index is 1090. The van der Waals surface area contributed by atoms with E-state index in [0.717, 1.165) is 24.4 Å². The Morgan fingerprint density at radius 1 is 1.10 bits per heavy atom. The Labute approximate surface area is 165 Å². The number of nitrogens with one attached hydrogen (secondary N) is 1. The summed E-state index contributed by atoms with van der Waals surface area (Å²) in [5, 5.41) is 0. The lowest BCUT2D eigenvalue weighted by molar-refractivity contribution is -0.141. The molecule has 0 spiro atoms. The van der Waals surface area contributed by atoms with Crippen molar-refractivity contribution in [3.8, 4) is 23.3 Å². The van der Waals surface area contributed by atoms with Gasteiger partial charge in [-0.15, -0.1) is 0 Å². The molecule has 0 fully saturated rings. The van der Waals surface area contributed by atoms with Gasteiger partial charge in [0, 0.05) is 12.3 Å². The summed E-state index contributed by atoms with van der Waals surface area (Å²) < 4.78 is 81.7. The number of halogens is 5. The Balaban J connectivity index is 1.77. The van der Waals surface area contributed by atoms with E-state index in [9.17, 15) is 26.7 Å². The van der Waals surface area contributed by atoms with Crippen molar-refractivity contribution in [1.82, 2.24) is 15.0 Å². The molecule has 7 nitrogen and oxygen atoms in total. The molecule has 3 rings (SSSR count). The Kier molecular flexibility index (Phi) is 5.85. The molecule has 0 aliphatic rings. The maximum absolute atomic E-state index is 14.3. The molecule has 30 heavy (non-hydrogen) atoms. The quantitative estimate of drug-likeness (QED) is 0.600. The summed E-state index contributed by atoms with van der Waals surface area (Å²) in [6.07, 6.45) is -3.94. The van der Waals surface area contributed by atoms with Gasteiger partial charge in [-0.1, -0.05) is 0 Å². The lowest BCUT2D eigenvalue weighted by atomic mass is 10.2. The molecule has 12 heteroatoms. The molecular weight excluding hydrogens is 417 g/mol. The smallest absolute Gasteiger partial charge is 0.433 e. The van der Waals surface area contributed by atoms with E-state index in [2.05, 4.69) is 15.0 Å². The number of aromatic amines is 1. The summed E-state index contributed by atoms with van der Waals surface area (Å²) in [5.41, 5.74) is -1.99. The molecule has 0 aliphatic carbocycles. The summed E-state index contributed by atoms with van der Waals surface area (Å²) in [6.45, 7) is -0.343. The van der Waals surface area contributed by atoms with Crippen LogP contribution in [0.25, 0.3) is 0 Å². The van der Waals surface area contributed by atoms with Crippen molar-refractivity contribution in [3.63, 3.8) is 0 Å². The first-order chi connectivity index (χ1) is 14.2. The zero-order valence-electron chi connectivity index (χ0n) is 15.1. The molecule has 0 saturated carbocycles. The zero-order valence-corrected chi connectivity index (χ0v) is 15.1. The van der Waals surface area contributed by atoms with Crippen LogP contribution in [0.2, 0.25) is 0 Å². The van der Waals surface area contributed by atoms with Crippen LogP contribution in [0.5, 0.6) is 23.3 Å². The van der Waals surface area contributed by atoms with Crippen LogP contribution in [0, 0.1) is 11.6 Å². The summed E-state index contributed by atoms with van der Waals surface area (Å²) >= 11 is 0. The van der Waals surface area contributed by atoms with Gasteiger partial charge >= 0.3 is 11.9 Å². The minimum atomic E-state index is -4.74. The average Bonchev–Trinajstić information content (AvgIpc) is 2.68. The number of rotatable bonds is 6. The van der Waals surface area contributed by atoms with Gasteiger partial charge in [0.2, 0.25) is 11.8 Å². The van der Waals surface area contributed by atoms with E-state index in [1.54, 1.807) is 0 Å². The van der Waals surface area contributed by atoms with Gasteiger partial charge < -0.3 is 14.2 Å². The van der Waals surface area contributed by atoms with Crippen LogP contribution in [0.3, 0.4) is 0 Å². The number of H-pyrrole nitrogens is 1. The van der Waals surface area contributed by atoms with Gasteiger partial charge in [-0.05, 0) is 23.8 Å². The fourth-order valence-corrected chi connectivity index (χ4v) is 2.30. The van der Waals surface area contributed by atoms with E-state index >= 15 is 0 Å². The van der Waals surface area contributed by atoms with Gasteiger partial charge in [0.15, 0.2) is 17.4 Å². The monoisotopic (exact) mass is 429 g/mol. The lowest BCUT2D eigenvalue weighted by Gasteiger charge is -2.12. The molecule has 0 amide bonds. The number of alkyl halides is 3. The molecule has 1 N–H and O–H groups in total. The number of pyridine rings is 1. The van der Waals surface area contributed by atoms with Gasteiger partial charge in [0.05, 0.1) is 13.2 Å². The summed E-state index contributed by atoms with van der Waals surface area (Å²) in [5.74, 6) is -3.74. The molecule has 2 aromatic heterocycles. The van der Waals surface area contributed by atoms with E-state index in [4.69, 9.17) is 14.2 Å². The van der Waals surface area contributed by atoms with Crippen LogP contribution in [0.1, 0.15) is 11.3 Å². The molecular formula is C18H12F5N3O4. The largest absolute Gasteiger partial charge is 0.481 e. The van der Waals surface area contributed by atoms with E-state index in [0.29, 0.717) is 6.07 Å². The minimum Gasteiger partial charge on any atom is -0.481 e. The van der Waals surface area contributed by atoms with Gasteiger partial charge in [-0.25, -0.2) is 13.6 Å². The van der Waals surface area contributed by atoms with Crippen molar-refractivity contribution in [2.75, 3.05) is 7.11 Å². The normalized spacial score (nSPS) is 11.3. The number of methoxy groups -OCH3 is 1. The van der Waals surface area contributed by atoms with Crippen molar-refractivity contribution >= 4 is 0 Å². The highest BCUT2D eigenvalue weighted by Crippen LogP contribution is 2.33. The summed E-state index contributed by atoms with van der Waals surface area (Å²) in [4.78, 5) is 20.2. The highest BCUT2D eigenvalue weighted by atomic mass is 19.4. The molecule has 0 radical (unpaired) electrons. The van der Waals surface area contributed by atoms with Crippen LogP contribution in [0.4, 0.5) is 22.0 Å². The van der Waals surface area contributed by atoms with Gasteiger partial charge in [0.25, 0.3) is 0 Å². The topological polar surface area (TPSA) is 86.3 Å². The van der Waals surface area contributed by atoms with Gasteiger partial charge in [0.1, 0.15) is 18.1 Å². The average molecular weight is 429 g/mol. The van der Waals surface area contributed by atoms with E-state index in [-0.39, 0.29) is 23.9 Å². The molecule has 0 bridgehead atoms. The first-order valence-electron chi connectivity index (χ1n) is 8.13. The Morgan fingerprint density at radius 2 is 1.80 bits per heavy atom. The fourth-order valence-electron chi connectivity index (χ4n) is 2.30. The summed E-state index contributed by atoms with van der Waals surface area (Å²) in [7, 11) is 1.29. The van der Waals surface area contributed by atoms with Crippen molar-refractivity contribution < 1.29 is 36.2 Å². The van der Waals surface area contributed by atoms with E-state index in [1.807, 2.05) is 0 Å². The highest BCUT2D eigenvalue weighted by molar-refractivity contribution is 5.36. The number of aromatic nitrogens is 3. The van der Waals surface area contributed by atoms with Crippen LogP contribution in [-0.2, 0) is 12.8 Å². The van der Waals surface area contributed by atoms with E-state index < -0.39 is 40.7 Å². The SMILES string of the molecule is COc1cc(OCc2cc(F)c(Oc3ccnc(C(F)(F)F)c3)c(F)c2)[nH]c(=O)n1. The minimum absolute atomic E-state index is 0.0227. The Morgan fingerprint density at radius 3 is 2.43 bits per heavy atom. The predicted octanol–water partition coefficient (Wildman–Crippen LogP) is 3.84. The maximum Gasteiger partial charge on any atom is 0.433 e. The summed E-state index contributed by atoms with van der Waals surface area (Å²) in [6, 6.07) is 4.55. The second-order valence-electron chi connectivity index (χ2n) is 5.75. The number of ether oxygens (including phenoxy) is 3. The third-order valence-corrected chi connectivity index (χ3v) is 3.60. The molecule has 3 aromatic rings. The molecule has 2 heterocycles. The first kappa shape index (κ1) is 21.0. The number of hydrogen-bond acceptors (Lipinski definition) is 6. The molecule has 0 aliphatic heterocycles. The number of hydrogen-bond donors (Lipinski definition) is 1. The van der Waals surface area contributed by atoms with Crippen LogP contribution in [0.15, 0.2) is 41.3 Å². The second-order valence-corrected chi connectivity index (χ2v) is 5.75. The first-order valence-corrected chi connectivity index (χ1v) is 8.13. The van der Waals surface area contributed by atoms with Gasteiger partial charge in [-0.3, -0.25) is 9.97 Å². The third kappa shape index (κ3) is 5.01. The fraction of sp³-hybridized carbons (Fsp3) is 0.167. The zero-order chi connectivity index (χ0) is 21.9. The molecule has 0 saturated heterocycles. The molecule has 0 unspecified atom stereocenters. The van der Waals surface area contributed by atoms with Crippen LogP contribution in [-0.4, -0.2) is 22.1 Å². The van der Waals surface area contributed by atoms with Crippen LogP contribution < -0.4 is 19.9 Å². The van der Waals surface area contributed by atoms with Crippen molar-refractivity contribution in [2.24, 2.45) is 0 Å².